The molecule has 5 nitrogen and oxygen atoms in total. The molecule has 0 radical (unpaired) electrons. The number of nitrogens with one attached hydrogen (secondary N) is 2. The minimum atomic E-state index is -1.47. The number of aromatic nitrogens is 1. The molecule has 0 saturated carbocycles. The topological polar surface area (TPSA) is 83.9 Å². The van der Waals surface area contributed by atoms with Gasteiger partial charge in [-0.3, -0.25) is 0 Å². The third-order valence-corrected chi connectivity index (χ3v) is 4.73. The largest absolute Gasteiger partial charge is 0.588 e. The van der Waals surface area contributed by atoms with Gasteiger partial charge >= 0.3 is 0 Å². The average molecular weight is 346 g/mol. The Hall–Kier alpha value is -2.33. The van der Waals surface area contributed by atoms with Gasteiger partial charge in [-0.2, -0.15) is 5.26 Å². The van der Waals surface area contributed by atoms with E-state index in [0.29, 0.717) is 26.9 Å². The molecule has 2 N–H and O–H groups in total. The Labute approximate surface area is 141 Å². The van der Waals surface area contributed by atoms with Crippen LogP contribution < -0.4 is 9.46 Å². The van der Waals surface area contributed by atoms with Gasteiger partial charge in [-0.05, 0) is 30.3 Å². The molecule has 7 heteroatoms. The third kappa shape index (κ3) is 3.08. The van der Waals surface area contributed by atoms with Crippen LogP contribution >= 0.6 is 11.6 Å². The Balaban J connectivity index is 1.89. The van der Waals surface area contributed by atoms with Gasteiger partial charge in [0, 0.05) is 11.1 Å². The van der Waals surface area contributed by atoms with Crippen LogP contribution in [0.5, 0.6) is 5.75 Å². The van der Waals surface area contributed by atoms with Crippen LogP contribution in [-0.2, 0) is 11.4 Å². The molecule has 116 valence electrons. The van der Waals surface area contributed by atoms with Crippen LogP contribution in [0.3, 0.4) is 0 Å². The van der Waals surface area contributed by atoms with Crippen LogP contribution in [0.25, 0.3) is 10.9 Å². The van der Waals surface area contributed by atoms with E-state index in [1.54, 1.807) is 36.5 Å². The van der Waals surface area contributed by atoms with E-state index in [-0.39, 0.29) is 0 Å². The van der Waals surface area contributed by atoms with Gasteiger partial charge in [0.1, 0.15) is 23.2 Å². The highest BCUT2D eigenvalue weighted by Crippen LogP contribution is 2.28. The summed E-state index contributed by atoms with van der Waals surface area (Å²) in [5.41, 5.74) is 1.84. The smallest absolute Gasteiger partial charge is 0.205 e. The summed E-state index contributed by atoms with van der Waals surface area (Å²) in [6.45, 7) is 0. The van der Waals surface area contributed by atoms with Crippen molar-refractivity contribution in [1.29, 1.82) is 5.26 Å². The van der Waals surface area contributed by atoms with Crippen LogP contribution in [0.1, 0.15) is 5.56 Å². The number of nitriles is 1. The van der Waals surface area contributed by atoms with Gasteiger partial charge < -0.3 is 14.3 Å². The van der Waals surface area contributed by atoms with Gasteiger partial charge in [0.25, 0.3) is 0 Å². The van der Waals surface area contributed by atoms with Crippen molar-refractivity contribution in [2.24, 2.45) is 0 Å². The number of anilines is 1. The van der Waals surface area contributed by atoms with E-state index in [9.17, 15) is 4.55 Å². The molecule has 0 fully saturated rings. The molecule has 1 atom stereocenters. The van der Waals surface area contributed by atoms with E-state index >= 15 is 0 Å². The lowest BCUT2D eigenvalue weighted by Gasteiger charge is -2.12. The fourth-order valence-electron chi connectivity index (χ4n) is 2.23. The molecule has 0 saturated heterocycles. The Kier molecular flexibility index (Phi) is 4.35. The van der Waals surface area contributed by atoms with Crippen molar-refractivity contribution in [3.63, 3.8) is 0 Å². The minimum Gasteiger partial charge on any atom is -0.588 e. The Bertz CT molecular complexity index is 904. The molecule has 0 aliphatic rings. The summed E-state index contributed by atoms with van der Waals surface area (Å²) in [5.74, 6) is 0.431. The van der Waals surface area contributed by atoms with Gasteiger partial charge in [0.15, 0.2) is 0 Å². The van der Waals surface area contributed by atoms with Gasteiger partial charge in [-0.15, -0.1) is 0 Å². The lowest BCUT2D eigenvalue weighted by atomic mass is 10.2. The van der Waals surface area contributed by atoms with Crippen LogP contribution in [0, 0.1) is 11.3 Å². The van der Waals surface area contributed by atoms with Gasteiger partial charge in [-0.1, -0.05) is 11.6 Å². The van der Waals surface area contributed by atoms with Crippen molar-refractivity contribution in [3.8, 4) is 11.8 Å². The summed E-state index contributed by atoms with van der Waals surface area (Å²) < 4.78 is 20.6. The first-order valence-corrected chi connectivity index (χ1v) is 8.18. The first kappa shape index (κ1) is 15.6. The van der Waals surface area contributed by atoms with Crippen molar-refractivity contribution < 1.29 is 9.29 Å². The summed E-state index contributed by atoms with van der Waals surface area (Å²) in [4.78, 5) is 3.68. The number of hydrogen-bond donors (Lipinski definition) is 2. The molecule has 3 rings (SSSR count). The molecule has 0 amide bonds. The maximum Gasteiger partial charge on any atom is 0.205 e. The van der Waals surface area contributed by atoms with E-state index in [2.05, 4.69) is 9.71 Å². The van der Waals surface area contributed by atoms with E-state index in [1.165, 1.54) is 7.11 Å². The predicted octanol–water partition coefficient (Wildman–Crippen LogP) is 3.84. The summed E-state index contributed by atoms with van der Waals surface area (Å²) in [5, 5.41) is 10.4. The van der Waals surface area contributed by atoms with Crippen LogP contribution in [0.15, 0.2) is 47.5 Å². The second-order valence-electron chi connectivity index (χ2n) is 4.74. The first-order chi connectivity index (χ1) is 11.1. The summed E-state index contributed by atoms with van der Waals surface area (Å²) in [6, 6.07) is 12.3. The number of aromatic amines is 1. The second kappa shape index (κ2) is 6.42. The Morgan fingerprint density at radius 3 is 2.87 bits per heavy atom. The molecule has 0 aliphatic heterocycles. The van der Waals surface area contributed by atoms with Crippen molar-refractivity contribution in [2.75, 3.05) is 11.8 Å². The SMILES string of the molecule is COc1cc(N[S+]([O-])c2c[nH]c3cc(Cl)ccc23)ccc1C#N. The Morgan fingerprint density at radius 2 is 2.13 bits per heavy atom. The number of H-pyrrole nitrogens is 1. The maximum atomic E-state index is 12.6. The predicted molar refractivity (Wildman–Crippen MR) is 91.0 cm³/mol. The summed E-state index contributed by atoms with van der Waals surface area (Å²) in [6.07, 6.45) is 1.69. The highest BCUT2D eigenvalue weighted by Gasteiger charge is 2.18. The van der Waals surface area contributed by atoms with Gasteiger partial charge in [-0.25, -0.2) is 4.72 Å². The van der Waals surface area contributed by atoms with Crippen molar-refractivity contribution >= 4 is 39.6 Å². The lowest BCUT2D eigenvalue weighted by Crippen LogP contribution is -2.12. The zero-order chi connectivity index (χ0) is 16.4. The normalized spacial score (nSPS) is 11.9. The number of benzene rings is 2. The van der Waals surface area contributed by atoms with Crippen molar-refractivity contribution in [3.05, 3.63) is 53.2 Å². The molecule has 3 aromatic rings. The lowest BCUT2D eigenvalue weighted by molar-refractivity contribution is 0.413. The summed E-state index contributed by atoms with van der Waals surface area (Å²) >= 11 is 4.48. The number of rotatable bonds is 4. The molecule has 23 heavy (non-hydrogen) atoms. The fraction of sp³-hybridized carbons (Fsp3) is 0.0625. The van der Waals surface area contributed by atoms with Crippen LogP contribution in [-0.4, -0.2) is 16.6 Å². The molecule has 1 heterocycles. The molecular weight excluding hydrogens is 334 g/mol. The molecule has 2 aromatic carbocycles. The fourth-order valence-corrected chi connectivity index (χ4v) is 3.40. The molecule has 1 unspecified atom stereocenters. The van der Waals surface area contributed by atoms with Gasteiger partial charge in [0.2, 0.25) is 4.90 Å². The standard InChI is InChI=1S/C16H12ClN3O2S/c1-22-15-7-12(4-2-10(15)8-18)20-23(21)16-9-19-14-6-11(17)3-5-13(14)16/h2-7,9,19-20H,1H3. The average Bonchev–Trinajstić information content (AvgIpc) is 2.97. The zero-order valence-electron chi connectivity index (χ0n) is 12.1. The minimum absolute atomic E-state index is 0.422. The number of nitrogens with zero attached hydrogens (tertiary/aromatic N) is 1. The Morgan fingerprint density at radius 1 is 1.30 bits per heavy atom. The van der Waals surface area contributed by atoms with Gasteiger partial charge in [0.05, 0.1) is 35.5 Å². The number of methoxy groups -OCH3 is 1. The van der Waals surface area contributed by atoms with E-state index in [4.69, 9.17) is 21.6 Å². The number of hydrogen-bond acceptors (Lipinski definition) is 4. The van der Waals surface area contributed by atoms with E-state index < -0.39 is 11.4 Å². The molecule has 0 spiro atoms. The number of ether oxygens (including phenoxy) is 1. The van der Waals surface area contributed by atoms with Crippen molar-refractivity contribution in [1.82, 2.24) is 4.98 Å². The van der Waals surface area contributed by atoms with Crippen molar-refractivity contribution in [2.45, 2.75) is 4.90 Å². The third-order valence-electron chi connectivity index (χ3n) is 3.34. The van der Waals surface area contributed by atoms with E-state index in [0.717, 1.165) is 10.9 Å². The number of halogens is 1. The number of fused-ring (bicyclic) bond motifs is 1. The molecule has 0 aliphatic carbocycles. The monoisotopic (exact) mass is 345 g/mol. The van der Waals surface area contributed by atoms with Crippen LogP contribution in [0.2, 0.25) is 5.02 Å². The molecule has 1 aromatic heterocycles. The van der Waals surface area contributed by atoms with E-state index in [1.807, 2.05) is 12.1 Å². The zero-order valence-corrected chi connectivity index (χ0v) is 13.7. The highest BCUT2D eigenvalue weighted by molar-refractivity contribution is 7.93. The molecule has 0 bridgehead atoms. The summed E-state index contributed by atoms with van der Waals surface area (Å²) in [7, 11) is 1.49. The molecular formula is C16H12ClN3O2S. The second-order valence-corrected chi connectivity index (χ2v) is 6.36. The van der Waals surface area contributed by atoms with Crippen LogP contribution in [0.4, 0.5) is 5.69 Å². The first-order valence-electron chi connectivity index (χ1n) is 6.65. The highest BCUT2D eigenvalue weighted by atomic mass is 35.5. The quantitative estimate of drug-likeness (QED) is 0.704. The maximum absolute atomic E-state index is 12.6.